The number of rotatable bonds is 3. The molecule has 0 saturated heterocycles. The maximum atomic E-state index is 6.35. The van der Waals surface area contributed by atoms with Crippen molar-refractivity contribution in [3.8, 4) is 0 Å². The summed E-state index contributed by atoms with van der Waals surface area (Å²) in [4.78, 5) is 0. The van der Waals surface area contributed by atoms with Crippen LogP contribution in [0, 0.1) is 23.7 Å². The van der Waals surface area contributed by atoms with Gasteiger partial charge in [0.15, 0.2) is 0 Å². The summed E-state index contributed by atoms with van der Waals surface area (Å²) in [7, 11) is 1.99. The van der Waals surface area contributed by atoms with E-state index >= 15 is 0 Å². The zero-order chi connectivity index (χ0) is 14.7. The van der Waals surface area contributed by atoms with Crippen LogP contribution in [0.4, 0.5) is 0 Å². The molecule has 0 N–H and O–H groups in total. The second kappa shape index (κ2) is 4.57. The summed E-state index contributed by atoms with van der Waals surface area (Å²) in [5.74, 6) is 0.828. The van der Waals surface area contributed by atoms with E-state index in [0.717, 1.165) is 21.8 Å². The molecule has 3 unspecified atom stereocenters. The van der Waals surface area contributed by atoms with Crippen molar-refractivity contribution in [2.45, 2.75) is 59.7 Å². The van der Waals surface area contributed by atoms with E-state index in [1.54, 1.807) is 0 Å². The first kappa shape index (κ1) is 14.6. The van der Waals surface area contributed by atoms with Gasteiger partial charge in [-0.15, -0.1) is 0 Å². The molecule has 0 spiro atoms. The van der Waals surface area contributed by atoms with Crippen molar-refractivity contribution >= 4 is 15.9 Å². The van der Waals surface area contributed by atoms with Crippen LogP contribution in [0.2, 0.25) is 0 Å². The lowest BCUT2D eigenvalue weighted by Crippen LogP contribution is -2.37. The SMILES string of the molecule is Cc1nn(C)c(COC2CC3CCC2(C)C3(C)C)c1Br. The van der Waals surface area contributed by atoms with Crippen molar-refractivity contribution in [1.82, 2.24) is 9.78 Å². The molecule has 4 heteroatoms. The lowest BCUT2D eigenvalue weighted by atomic mass is 9.70. The Morgan fingerprint density at radius 3 is 2.55 bits per heavy atom. The third-order valence-corrected chi connectivity index (χ3v) is 7.43. The Labute approximate surface area is 130 Å². The minimum atomic E-state index is 0.331. The number of halogens is 1. The van der Waals surface area contributed by atoms with Gasteiger partial charge in [0, 0.05) is 7.05 Å². The molecule has 3 nitrogen and oxygen atoms in total. The van der Waals surface area contributed by atoms with Gasteiger partial charge < -0.3 is 4.74 Å². The van der Waals surface area contributed by atoms with Crippen LogP contribution < -0.4 is 0 Å². The van der Waals surface area contributed by atoms with E-state index in [4.69, 9.17) is 4.74 Å². The predicted octanol–water partition coefficient (Wildman–Crippen LogP) is 4.22. The third kappa shape index (κ3) is 1.83. The Kier molecular flexibility index (Phi) is 3.33. The van der Waals surface area contributed by atoms with E-state index in [0.29, 0.717) is 23.5 Å². The Hall–Kier alpha value is -0.350. The largest absolute Gasteiger partial charge is 0.371 e. The van der Waals surface area contributed by atoms with E-state index in [-0.39, 0.29) is 0 Å². The molecule has 112 valence electrons. The van der Waals surface area contributed by atoms with Crippen molar-refractivity contribution in [2.75, 3.05) is 0 Å². The Bertz CT molecular complexity index is 537. The standard InChI is InChI=1S/C16H25BrN2O/c1-10-14(17)12(19(5)18-10)9-20-13-8-11-6-7-16(13,4)15(11,2)3/h11,13H,6-9H2,1-5H3. The summed E-state index contributed by atoms with van der Waals surface area (Å²) in [5.41, 5.74) is 2.92. The van der Waals surface area contributed by atoms with Gasteiger partial charge in [-0.25, -0.2) is 0 Å². The highest BCUT2D eigenvalue weighted by atomic mass is 79.9. The Morgan fingerprint density at radius 1 is 1.40 bits per heavy atom. The minimum Gasteiger partial charge on any atom is -0.371 e. The number of aromatic nitrogens is 2. The average molecular weight is 341 g/mol. The fraction of sp³-hybridized carbons (Fsp3) is 0.812. The summed E-state index contributed by atoms with van der Waals surface area (Å²) in [6.45, 7) is 9.96. The molecular weight excluding hydrogens is 316 g/mol. The molecule has 3 atom stereocenters. The highest BCUT2D eigenvalue weighted by Gasteiger charge is 2.61. The van der Waals surface area contributed by atoms with Crippen LogP contribution >= 0.6 is 15.9 Å². The van der Waals surface area contributed by atoms with Gasteiger partial charge in [0.1, 0.15) is 0 Å². The second-order valence-electron chi connectivity index (χ2n) is 7.38. The summed E-state index contributed by atoms with van der Waals surface area (Å²) in [6, 6.07) is 0. The molecule has 1 aromatic heterocycles. The second-order valence-corrected chi connectivity index (χ2v) is 8.17. The first-order chi connectivity index (χ1) is 9.27. The fourth-order valence-corrected chi connectivity index (χ4v) is 4.85. The maximum absolute atomic E-state index is 6.35. The zero-order valence-corrected chi connectivity index (χ0v) is 14.7. The van der Waals surface area contributed by atoms with Gasteiger partial charge in [-0.3, -0.25) is 4.68 Å². The molecule has 1 heterocycles. The van der Waals surface area contributed by atoms with Crippen molar-refractivity contribution in [2.24, 2.45) is 23.8 Å². The molecule has 2 saturated carbocycles. The molecule has 2 fully saturated rings. The van der Waals surface area contributed by atoms with Crippen LogP contribution in [0.15, 0.2) is 4.47 Å². The lowest BCUT2D eigenvalue weighted by molar-refractivity contribution is -0.0569. The van der Waals surface area contributed by atoms with Gasteiger partial charge >= 0.3 is 0 Å². The van der Waals surface area contributed by atoms with Crippen LogP contribution in [0.25, 0.3) is 0 Å². The van der Waals surface area contributed by atoms with Crippen LogP contribution in [-0.4, -0.2) is 15.9 Å². The summed E-state index contributed by atoms with van der Waals surface area (Å²) < 4.78 is 9.37. The smallest absolute Gasteiger partial charge is 0.0900 e. The van der Waals surface area contributed by atoms with E-state index in [1.165, 1.54) is 19.3 Å². The molecule has 0 radical (unpaired) electrons. The van der Waals surface area contributed by atoms with Gasteiger partial charge in [0.2, 0.25) is 0 Å². The highest BCUT2D eigenvalue weighted by molar-refractivity contribution is 9.10. The summed E-state index contributed by atoms with van der Waals surface area (Å²) in [5, 5.41) is 4.44. The molecule has 1 aromatic rings. The van der Waals surface area contributed by atoms with E-state index < -0.39 is 0 Å². The van der Waals surface area contributed by atoms with Crippen molar-refractivity contribution in [1.29, 1.82) is 0 Å². The molecule has 20 heavy (non-hydrogen) atoms. The maximum Gasteiger partial charge on any atom is 0.0900 e. The molecule has 0 aliphatic heterocycles. The van der Waals surface area contributed by atoms with Crippen LogP contribution in [-0.2, 0) is 18.4 Å². The number of aryl methyl sites for hydroxylation is 2. The summed E-state index contributed by atoms with van der Waals surface area (Å²) >= 11 is 3.62. The van der Waals surface area contributed by atoms with E-state index in [2.05, 4.69) is 41.8 Å². The average Bonchev–Trinajstić information content (AvgIpc) is 2.82. The highest BCUT2D eigenvalue weighted by Crippen LogP contribution is 2.66. The number of hydrogen-bond acceptors (Lipinski definition) is 2. The number of fused-ring (bicyclic) bond motifs is 2. The molecule has 2 aliphatic carbocycles. The van der Waals surface area contributed by atoms with Crippen LogP contribution in [0.3, 0.4) is 0 Å². The molecule has 0 aromatic carbocycles. The number of ether oxygens (including phenoxy) is 1. The zero-order valence-electron chi connectivity index (χ0n) is 13.2. The predicted molar refractivity (Wildman–Crippen MR) is 83.5 cm³/mol. The quantitative estimate of drug-likeness (QED) is 0.823. The van der Waals surface area contributed by atoms with Crippen molar-refractivity contribution in [3.05, 3.63) is 15.9 Å². The van der Waals surface area contributed by atoms with Gasteiger partial charge in [0.25, 0.3) is 0 Å². The monoisotopic (exact) mass is 340 g/mol. The van der Waals surface area contributed by atoms with Gasteiger partial charge in [-0.2, -0.15) is 5.10 Å². The molecule has 2 aliphatic rings. The minimum absolute atomic E-state index is 0.331. The number of nitrogens with zero attached hydrogens (tertiary/aromatic N) is 2. The number of hydrogen-bond donors (Lipinski definition) is 0. The first-order valence-electron chi connectivity index (χ1n) is 7.57. The normalized spacial score (nSPS) is 34.9. The van der Waals surface area contributed by atoms with Crippen molar-refractivity contribution < 1.29 is 4.74 Å². The van der Waals surface area contributed by atoms with E-state index in [1.807, 2.05) is 18.7 Å². The van der Waals surface area contributed by atoms with Crippen LogP contribution in [0.5, 0.6) is 0 Å². The topological polar surface area (TPSA) is 27.1 Å². The van der Waals surface area contributed by atoms with Gasteiger partial charge in [-0.1, -0.05) is 20.8 Å². The summed E-state index contributed by atoms with van der Waals surface area (Å²) in [6.07, 6.45) is 4.29. The lowest BCUT2D eigenvalue weighted by Gasteiger charge is -2.38. The fourth-order valence-electron chi connectivity index (χ4n) is 4.40. The Morgan fingerprint density at radius 2 is 2.10 bits per heavy atom. The molecule has 0 amide bonds. The first-order valence-corrected chi connectivity index (χ1v) is 8.36. The molecule has 3 rings (SSSR count). The Balaban J connectivity index is 1.75. The van der Waals surface area contributed by atoms with Crippen LogP contribution in [0.1, 0.15) is 51.4 Å². The van der Waals surface area contributed by atoms with E-state index in [9.17, 15) is 0 Å². The molecular formula is C16H25BrN2O. The molecule has 2 bridgehead atoms. The third-order valence-electron chi connectivity index (χ3n) is 6.40. The van der Waals surface area contributed by atoms with Gasteiger partial charge in [-0.05, 0) is 58.9 Å². The van der Waals surface area contributed by atoms with Crippen molar-refractivity contribution in [3.63, 3.8) is 0 Å². The van der Waals surface area contributed by atoms with Gasteiger partial charge in [0.05, 0.1) is 28.6 Å².